The maximum absolute atomic E-state index is 4.41. The third-order valence-corrected chi connectivity index (χ3v) is 3.02. The molecule has 0 saturated heterocycles. The van der Waals surface area contributed by atoms with E-state index in [4.69, 9.17) is 0 Å². The van der Waals surface area contributed by atoms with E-state index < -0.39 is 0 Å². The van der Waals surface area contributed by atoms with Crippen molar-refractivity contribution in [2.75, 3.05) is 30.5 Å². The van der Waals surface area contributed by atoms with Gasteiger partial charge in [-0.05, 0) is 12.2 Å². The van der Waals surface area contributed by atoms with Crippen LogP contribution in [0.2, 0.25) is 0 Å². The topological polar surface area (TPSA) is 49.8 Å². The molecule has 0 amide bonds. The summed E-state index contributed by atoms with van der Waals surface area (Å²) in [5.41, 5.74) is 0. The van der Waals surface area contributed by atoms with E-state index >= 15 is 0 Å². The summed E-state index contributed by atoms with van der Waals surface area (Å²) in [4.78, 5) is 8.73. The third kappa shape index (κ3) is 3.89. The van der Waals surface area contributed by atoms with Gasteiger partial charge >= 0.3 is 0 Å². The fourth-order valence-corrected chi connectivity index (χ4v) is 1.54. The number of rotatable bonds is 6. The summed E-state index contributed by atoms with van der Waals surface area (Å²) >= 11 is 1.55. The van der Waals surface area contributed by atoms with Gasteiger partial charge in [0.25, 0.3) is 0 Å². The molecule has 0 spiro atoms. The van der Waals surface area contributed by atoms with Crippen LogP contribution in [0, 0.1) is 5.92 Å². The minimum Gasteiger partial charge on any atom is -0.373 e. The van der Waals surface area contributed by atoms with Crippen molar-refractivity contribution >= 4 is 23.4 Å². The lowest BCUT2D eigenvalue weighted by Gasteiger charge is -2.12. The van der Waals surface area contributed by atoms with Crippen molar-refractivity contribution in [1.82, 2.24) is 9.97 Å². The van der Waals surface area contributed by atoms with Gasteiger partial charge in [0.05, 0.1) is 0 Å². The Morgan fingerprint density at radius 3 is 2.62 bits per heavy atom. The van der Waals surface area contributed by atoms with Gasteiger partial charge in [-0.3, -0.25) is 0 Å². The summed E-state index contributed by atoms with van der Waals surface area (Å²) in [7, 11) is 1.87. The molecule has 0 aliphatic rings. The molecule has 1 aromatic rings. The maximum Gasteiger partial charge on any atom is 0.191 e. The van der Waals surface area contributed by atoms with E-state index in [1.807, 2.05) is 19.4 Å². The van der Waals surface area contributed by atoms with Crippen molar-refractivity contribution in [2.45, 2.75) is 25.4 Å². The molecule has 0 aliphatic carbocycles. The van der Waals surface area contributed by atoms with Crippen molar-refractivity contribution in [3.05, 3.63) is 6.07 Å². The van der Waals surface area contributed by atoms with E-state index in [1.54, 1.807) is 11.8 Å². The molecule has 0 aromatic carbocycles. The Bertz CT molecular complexity index is 308. The molecule has 2 N–H and O–H groups in total. The number of thioether (sulfide) groups is 1. The van der Waals surface area contributed by atoms with E-state index in [9.17, 15) is 0 Å². The van der Waals surface area contributed by atoms with Gasteiger partial charge in [0, 0.05) is 19.7 Å². The maximum atomic E-state index is 4.41. The summed E-state index contributed by atoms with van der Waals surface area (Å²) in [6.07, 6.45) is 3.15. The molecule has 1 heterocycles. The zero-order valence-corrected chi connectivity index (χ0v) is 11.2. The van der Waals surface area contributed by atoms with Crippen molar-refractivity contribution in [1.29, 1.82) is 0 Å². The molecule has 16 heavy (non-hydrogen) atoms. The number of hydrogen-bond donors (Lipinski definition) is 2. The van der Waals surface area contributed by atoms with Gasteiger partial charge in [0.1, 0.15) is 11.6 Å². The van der Waals surface area contributed by atoms with E-state index in [0.717, 1.165) is 23.3 Å². The fourth-order valence-electron chi connectivity index (χ4n) is 1.16. The van der Waals surface area contributed by atoms with Gasteiger partial charge in [-0.15, -0.1) is 0 Å². The van der Waals surface area contributed by atoms with Gasteiger partial charge in [-0.2, -0.15) is 0 Å². The summed E-state index contributed by atoms with van der Waals surface area (Å²) in [5, 5.41) is 7.17. The summed E-state index contributed by atoms with van der Waals surface area (Å²) in [5.74, 6) is 2.40. The predicted molar refractivity (Wildman–Crippen MR) is 71.3 cm³/mol. The van der Waals surface area contributed by atoms with Crippen LogP contribution in [0.5, 0.6) is 0 Å². The quantitative estimate of drug-likeness (QED) is 0.591. The summed E-state index contributed by atoms with van der Waals surface area (Å²) in [6.45, 7) is 5.37. The molecule has 1 atom stereocenters. The largest absolute Gasteiger partial charge is 0.373 e. The minimum absolute atomic E-state index is 0.658. The lowest BCUT2D eigenvalue weighted by atomic mass is 10.1. The van der Waals surface area contributed by atoms with Crippen LogP contribution in [0.4, 0.5) is 11.6 Å². The predicted octanol–water partition coefficient (Wildman–Crippen LogP) is 2.70. The number of aromatic nitrogens is 2. The van der Waals surface area contributed by atoms with Crippen LogP contribution in [0.3, 0.4) is 0 Å². The molecule has 0 aliphatic heterocycles. The second-order valence-electron chi connectivity index (χ2n) is 3.77. The first kappa shape index (κ1) is 13.1. The standard InChI is InChI=1S/C11H20N4S/c1-5-8(2)7-13-10-6-9(12-3)14-11(15-10)16-4/h6,8H,5,7H2,1-4H3,(H2,12,13,14,15). The Morgan fingerprint density at radius 2 is 2.06 bits per heavy atom. The number of hydrogen-bond acceptors (Lipinski definition) is 5. The second-order valence-corrected chi connectivity index (χ2v) is 4.54. The molecular formula is C11H20N4S. The Hall–Kier alpha value is -0.970. The summed E-state index contributed by atoms with van der Waals surface area (Å²) < 4.78 is 0. The molecule has 4 nitrogen and oxygen atoms in total. The highest BCUT2D eigenvalue weighted by Crippen LogP contribution is 2.17. The van der Waals surface area contributed by atoms with E-state index in [2.05, 4.69) is 34.4 Å². The third-order valence-electron chi connectivity index (χ3n) is 2.47. The van der Waals surface area contributed by atoms with E-state index in [-0.39, 0.29) is 0 Å². The molecule has 0 bridgehead atoms. The lowest BCUT2D eigenvalue weighted by molar-refractivity contribution is 0.592. The number of nitrogens with one attached hydrogen (secondary N) is 2. The summed E-state index contributed by atoms with van der Waals surface area (Å²) in [6, 6.07) is 1.93. The number of nitrogens with zero attached hydrogens (tertiary/aromatic N) is 2. The Kier molecular flexibility index (Phi) is 5.38. The first-order valence-corrected chi connectivity index (χ1v) is 6.76. The van der Waals surface area contributed by atoms with Gasteiger partial charge in [-0.1, -0.05) is 32.0 Å². The van der Waals surface area contributed by atoms with Crippen LogP contribution >= 0.6 is 11.8 Å². The van der Waals surface area contributed by atoms with Gasteiger partial charge < -0.3 is 10.6 Å². The number of anilines is 2. The Morgan fingerprint density at radius 1 is 1.38 bits per heavy atom. The van der Waals surface area contributed by atoms with Crippen LogP contribution in [0.25, 0.3) is 0 Å². The van der Waals surface area contributed by atoms with Gasteiger partial charge in [0.15, 0.2) is 5.16 Å². The SMILES string of the molecule is CCC(C)CNc1cc(NC)nc(SC)n1. The van der Waals surface area contributed by atoms with Crippen molar-refractivity contribution in [3.63, 3.8) is 0 Å². The van der Waals surface area contributed by atoms with E-state index in [1.165, 1.54) is 6.42 Å². The highest BCUT2D eigenvalue weighted by Gasteiger charge is 2.04. The molecular weight excluding hydrogens is 220 g/mol. The Balaban J connectivity index is 2.71. The van der Waals surface area contributed by atoms with Crippen LogP contribution in [-0.2, 0) is 0 Å². The van der Waals surface area contributed by atoms with Crippen molar-refractivity contribution < 1.29 is 0 Å². The van der Waals surface area contributed by atoms with E-state index in [0.29, 0.717) is 5.92 Å². The zero-order chi connectivity index (χ0) is 12.0. The molecule has 0 fully saturated rings. The van der Waals surface area contributed by atoms with Gasteiger partial charge in [-0.25, -0.2) is 9.97 Å². The smallest absolute Gasteiger partial charge is 0.191 e. The Labute approximate surface area is 102 Å². The highest BCUT2D eigenvalue weighted by atomic mass is 32.2. The highest BCUT2D eigenvalue weighted by molar-refractivity contribution is 7.98. The minimum atomic E-state index is 0.658. The molecule has 0 radical (unpaired) electrons. The van der Waals surface area contributed by atoms with Crippen LogP contribution < -0.4 is 10.6 Å². The molecule has 1 rings (SSSR count). The fraction of sp³-hybridized carbons (Fsp3) is 0.636. The molecule has 90 valence electrons. The van der Waals surface area contributed by atoms with Crippen LogP contribution in [0.1, 0.15) is 20.3 Å². The monoisotopic (exact) mass is 240 g/mol. The molecule has 0 saturated carbocycles. The first-order valence-electron chi connectivity index (χ1n) is 5.54. The average molecular weight is 240 g/mol. The second kappa shape index (κ2) is 6.58. The zero-order valence-electron chi connectivity index (χ0n) is 10.4. The average Bonchev–Trinajstić information content (AvgIpc) is 2.35. The normalized spacial score (nSPS) is 12.2. The molecule has 1 aromatic heterocycles. The first-order chi connectivity index (χ1) is 7.69. The lowest BCUT2D eigenvalue weighted by Crippen LogP contribution is -2.12. The molecule has 1 unspecified atom stereocenters. The van der Waals surface area contributed by atoms with Crippen molar-refractivity contribution in [3.8, 4) is 0 Å². The van der Waals surface area contributed by atoms with Crippen LogP contribution in [0.15, 0.2) is 11.2 Å². The molecule has 5 heteroatoms. The van der Waals surface area contributed by atoms with Crippen LogP contribution in [-0.4, -0.2) is 29.8 Å². The van der Waals surface area contributed by atoms with Gasteiger partial charge in [0.2, 0.25) is 0 Å². The van der Waals surface area contributed by atoms with Crippen molar-refractivity contribution in [2.24, 2.45) is 5.92 Å².